The Morgan fingerprint density at radius 3 is 2.61 bits per heavy atom. The van der Waals surface area contributed by atoms with Crippen molar-refractivity contribution in [1.29, 1.82) is 0 Å². The summed E-state index contributed by atoms with van der Waals surface area (Å²) in [6, 6.07) is -1.05. The lowest BCUT2D eigenvalue weighted by Crippen LogP contribution is -2.38. The third kappa shape index (κ3) is 8.31. The van der Waals surface area contributed by atoms with Gasteiger partial charge in [-0.25, -0.2) is 0 Å². The number of carbonyl (C=O) groups excluding carboxylic acids is 1. The molecule has 0 amide bonds. The van der Waals surface area contributed by atoms with Crippen LogP contribution >= 0.6 is 0 Å². The monoisotopic (exact) mass is 333 g/mol. The number of aliphatic carboxylic acids is 1. The molecule has 1 aliphatic rings. The summed E-state index contributed by atoms with van der Waals surface area (Å²) in [4.78, 5) is 38.8. The Morgan fingerprint density at radius 2 is 2.04 bits per heavy atom. The molecule has 0 spiro atoms. The number of likely N-dealkylation sites (tertiary alicyclic amines) is 1. The van der Waals surface area contributed by atoms with E-state index in [1.54, 1.807) is 0 Å². The van der Waals surface area contributed by atoms with Crippen molar-refractivity contribution in [3.05, 3.63) is 10.1 Å². The molecule has 1 unspecified atom stereocenters. The summed E-state index contributed by atoms with van der Waals surface area (Å²) in [6.45, 7) is 2.40. The minimum atomic E-state index is -1.14. The lowest BCUT2D eigenvalue weighted by atomic mass is 10.1. The van der Waals surface area contributed by atoms with E-state index in [1.165, 1.54) is 0 Å². The summed E-state index contributed by atoms with van der Waals surface area (Å²) in [7, 11) is 0. The van der Waals surface area contributed by atoms with E-state index in [2.05, 4.69) is 9.74 Å². The van der Waals surface area contributed by atoms with Crippen LogP contribution in [0.1, 0.15) is 32.1 Å². The molecule has 0 saturated carbocycles. The molecule has 10 nitrogen and oxygen atoms in total. The molecule has 0 aromatic heterocycles. The van der Waals surface area contributed by atoms with Crippen LogP contribution in [0.2, 0.25) is 0 Å². The zero-order valence-electron chi connectivity index (χ0n) is 12.9. The van der Waals surface area contributed by atoms with Gasteiger partial charge in [-0.2, -0.15) is 0 Å². The molecule has 1 aliphatic heterocycles. The number of carboxylic acid groups (broad SMARTS) is 1. The van der Waals surface area contributed by atoms with Crippen LogP contribution < -0.4 is 5.73 Å². The molecule has 1 heterocycles. The highest BCUT2D eigenvalue weighted by Crippen LogP contribution is 2.13. The van der Waals surface area contributed by atoms with Crippen LogP contribution in [-0.2, 0) is 19.2 Å². The van der Waals surface area contributed by atoms with Crippen molar-refractivity contribution in [2.45, 2.75) is 44.2 Å². The lowest BCUT2D eigenvalue weighted by molar-refractivity contribution is -0.769. The number of rotatable bonds is 10. The Hall–Kier alpha value is -1.94. The normalized spacial score (nSPS) is 17.4. The van der Waals surface area contributed by atoms with Gasteiger partial charge in [0.1, 0.15) is 12.1 Å². The van der Waals surface area contributed by atoms with Gasteiger partial charge >= 0.3 is 11.9 Å². The summed E-state index contributed by atoms with van der Waals surface area (Å²) < 4.78 is 5.01. The van der Waals surface area contributed by atoms with E-state index in [0.29, 0.717) is 32.4 Å². The fourth-order valence-electron chi connectivity index (χ4n) is 2.30. The molecule has 0 bridgehead atoms. The molecule has 1 atom stereocenters. The molecule has 1 rings (SSSR count). The Bertz CT molecular complexity index is 410. The lowest BCUT2D eigenvalue weighted by Gasteiger charge is -2.30. The molecule has 0 aromatic rings. The van der Waals surface area contributed by atoms with Gasteiger partial charge in [0, 0.05) is 26.1 Å². The number of ether oxygens (including phenoxy) is 1. The minimum absolute atomic E-state index is 0.0168. The first kappa shape index (κ1) is 19.1. The van der Waals surface area contributed by atoms with E-state index in [9.17, 15) is 19.7 Å². The molecular formula is C13H23N3O7. The second kappa shape index (κ2) is 9.95. The van der Waals surface area contributed by atoms with Crippen molar-refractivity contribution in [1.82, 2.24) is 4.90 Å². The van der Waals surface area contributed by atoms with Crippen LogP contribution in [0.4, 0.5) is 0 Å². The average Bonchev–Trinajstić information content (AvgIpc) is 2.50. The third-order valence-electron chi connectivity index (χ3n) is 3.63. The summed E-state index contributed by atoms with van der Waals surface area (Å²) >= 11 is 0. The minimum Gasteiger partial charge on any atom is -0.480 e. The quantitative estimate of drug-likeness (QED) is 0.240. The maximum Gasteiger partial charge on any atom is 0.320 e. The van der Waals surface area contributed by atoms with Crippen molar-refractivity contribution in [2.24, 2.45) is 5.73 Å². The fourth-order valence-corrected chi connectivity index (χ4v) is 2.30. The van der Waals surface area contributed by atoms with Crippen LogP contribution in [0.5, 0.6) is 0 Å². The van der Waals surface area contributed by atoms with E-state index < -0.39 is 23.1 Å². The predicted molar refractivity (Wildman–Crippen MR) is 78.0 cm³/mol. The Balaban J connectivity index is 2.04. The average molecular weight is 333 g/mol. The first-order valence-electron chi connectivity index (χ1n) is 7.56. The molecule has 10 heteroatoms. The Labute approximate surface area is 133 Å². The van der Waals surface area contributed by atoms with Gasteiger partial charge in [-0.3, -0.25) is 9.59 Å². The molecule has 23 heavy (non-hydrogen) atoms. The first-order valence-corrected chi connectivity index (χ1v) is 7.56. The number of hydrogen-bond acceptors (Lipinski definition) is 8. The zero-order valence-corrected chi connectivity index (χ0v) is 12.9. The molecule has 132 valence electrons. The van der Waals surface area contributed by atoms with Gasteiger partial charge in [-0.15, -0.1) is 10.1 Å². The highest BCUT2D eigenvalue weighted by atomic mass is 17.0. The first-order chi connectivity index (χ1) is 10.9. The highest BCUT2D eigenvalue weighted by molar-refractivity contribution is 5.75. The van der Waals surface area contributed by atoms with Crippen molar-refractivity contribution >= 4 is 11.9 Å². The molecule has 3 N–H and O–H groups in total. The van der Waals surface area contributed by atoms with E-state index >= 15 is 0 Å². The van der Waals surface area contributed by atoms with Crippen LogP contribution in [0.15, 0.2) is 0 Å². The summed E-state index contributed by atoms with van der Waals surface area (Å²) in [6.07, 6.45) is 1.56. The van der Waals surface area contributed by atoms with Crippen LogP contribution in [0, 0.1) is 10.1 Å². The SMILES string of the molecule is NC(CCC(=O)OCCCN1CCC(O[N+](=O)[O-])CC1)C(=O)O. The summed E-state index contributed by atoms with van der Waals surface area (Å²) in [5, 5.41) is 18.1. The summed E-state index contributed by atoms with van der Waals surface area (Å²) in [5.74, 6) is -1.60. The van der Waals surface area contributed by atoms with Crippen molar-refractivity contribution in [2.75, 3.05) is 26.2 Å². The maximum atomic E-state index is 11.4. The van der Waals surface area contributed by atoms with E-state index in [1.807, 2.05) is 0 Å². The Morgan fingerprint density at radius 1 is 1.39 bits per heavy atom. The van der Waals surface area contributed by atoms with Crippen molar-refractivity contribution < 1.29 is 29.4 Å². The van der Waals surface area contributed by atoms with Gasteiger partial charge in [0.2, 0.25) is 0 Å². The fraction of sp³-hybridized carbons (Fsp3) is 0.846. The molecule has 1 fully saturated rings. The summed E-state index contributed by atoms with van der Waals surface area (Å²) in [5.41, 5.74) is 5.29. The number of carboxylic acids is 1. The van der Waals surface area contributed by atoms with E-state index in [0.717, 1.165) is 6.54 Å². The van der Waals surface area contributed by atoms with Crippen LogP contribution in [0.3, 0.4) is 0 Å². The number of piperidine rings is 1. The maximum absolute atomic E-state index is 11.4. The van der Waals surface area contributed by atoms with Crippen molar-refractivity contribution in [3.63, 3.8) is 0 Å². The second-order valence-corrected chi connectivity index (χ2v) is 5.43. The van der Waals surface area contributed by atoms with Gasteiger partial charge < -0.3 is 25.3 Å². The molecule has 0 radical (unpaired) electrons. The van der Waals surface area contributed by atoms with E-state index in [4.69, 9.17) is 15.6 Å². The topological polar surface area (TPSA) is 145 Å². The zero-order chi connectivity index (χ0) is 17.2. The van der Waals surface area contributed by atoms with Crippen LogP contribution in [-0.4, -0.2) is 65.4 Å². The molecule has 0 aromatic carbocycles. The predicted octanol–water partition coefficient (Wildman–Crippen LogP) is -0.215. The highest BCUT2D eigenvalue weighted by Gasteiger charge is 2.21. The van der Waals surface area contributed by atoms with Gasteiger partial charge in [0.15, 0.2) is 0 Å². The molecular weight excluding hydrogens is 310 g/mol. The second-order valence-electron chi connectivity index (χ2n) is 5.43. The molecule has 0 aliphatic carbocycles. The van der Waals surface area contributed by atoms with Crippen molar-refractivity contribution in [3.8, 4) is 0 Å². The number of carbonyl (C=O) groups is 2. The smallest absolute Gasteiger partial charge is 0.320 e. The van der Waals surface area contributed by atoms with Gasteiger partial charge in [-0.1, -0.05) is 0 Å². The van der Waals surface area contributed by atoms with Gasteiger partial charge in [0.05, 0.1) is 6.61 Å². The van der Waals surface area contributed by atoms with Crippen LogP contribution in [0.25, 0.3) is 0 Å². The largest absolute Gasteiger partial charge is 0.480 e. The van der Waals surface area contributed by atoms with Gasteiger partial charge in [0.25, 0.3) is 5.09 Å². The van der Waals surface area contributed by atoms with E-state index in [-0.39, 0.29) is 25.6 Å². The van der Waals surface area contributed by atoms with Gasteiger partial charge in [-0.05, 0) is 25.7 Å². The standard InChI is InChI=1S/C13H23N3O7/c14-11(13(18)19)2-3-12(17)22-9-1-6-15-7-4-10(5-8-15)23-16(20)21/h10-11H,1-9,14H2,(H,18,19). The third-order valence-corrected chi connectivity index (χ3v) is 3.63. The number of nitrogens with zero attached hydrogens (tertiary/aromatic N) is 2. The number of nitrogens with two attached hydrogens (primary N) is 1. The number of esters is 1. The number of hydrogen-bond donors (Lipinski definition) is 2. The molecule has 1 saturated heterocycles. The Kier molecular flexibility index (Phi) is 8.27.